The molecule has 0 unspecified atom stereocenters. The lowest BCUT2D eigenvalue weighted by molar-refractivity contribution is 0.0684. The van der Waals surface area contributed by atoms with Gasteiger partial charge < -0.3 is 15.8 Å². The van der Waals surface area contributed by atoms with Crippen molar-refractivity contribution >= 4 is 5.97 Å². The number of nitrogens with two attached hydrogens (primary N) is 1. The van der Waals surface area contributed by atoms with Gasteiger partial charge in [0.05, 0.1) is 0 Å². The molecule has 0 aliphatic rings. The van der Waals surface area contributed by atoms with Crippen LogP contribution in [0, 0.1) is 0 Å². The van der Waals surface area contributed by atoms with Gasteiger partial charge in [-0.05, 0) is 6.92 Å². The molecule has 0 aliphatic heterocycles. The number of hydrogen-bond acceptors (Lipinski definition) is 3. The number of carbonyl (C=O) groups is 1. The summed E-state index contributed by atoms with van der Waals surface area (Å²) in [5, 5.41) is 8.51. The molecule has 0 amide bonds. The summed E-state index contributed by atoms with van der Waals surface area (Å²) in [6.45, 7) is 1.85. The molecular formula is C7H11N3O2. The Morgan fingerprint density at radius 1 is 1.92 bits per heavy atom. The summed E-state index contributed by atoms with van der Waals surface area (Å²) in [4.78, 5) is 16.7. The van der Waals surface area contributed by atoms with Crippen LogP contribution in [0.15, 0.2) is 6.20 Å². The summed E-state index contributed by atoms with van der Waals surface area (Å²) in [5.74, 6) is -1.09. The fourth-order valence-corrected chi connectivity index (χ4v) is 0.918. The summed E-state index contributed by atoms with van der Waals surface area (Å²) in [6, 6.07) is 0.00657. The second-order valence-electron chi connectivity index (χ2n) is 2.74. The van der Waals surface area contributed by atoms with Crippen molar-refractivity contribution in [2.45, 2.75) is 19.4 Å². The summed E-state index contributed by atoms with van der Waals surface area (Å²) in [5.41, 5.74) is 6.27. The van der Waals surface area contributed by atoms with Crippen molar-refractivity contribution in [3.8, 4) is 0 Å². The number of aromatic carboxylic acids is 1. The van der Waals surface area contributed by atoms with Crippen molar-refractivity contribution in [3.05, 3.63) is 17.7 Å². The highest BCUT2D eigenvalue weighted by Gasteiger charge is 2.08. The topological polar surface area (TPSA) is 92.0 Å². The Hall–Kier alpha value is -1.36. The van der Waals surface area contributed by atoms with Crippen LogP contribution in [-0.2, 0) is 6.42 Å². The number of nitrogens with one attached hydrogen (secondary N) is 1. The maximum atomic E-state index is 10.4. The van der Waals surface area contributed by atoms with E-state index in [0.717, 1.165) is 5.69 Å². The van der Waals surface area contributed by atoms with E-state index in [1.165, 1.54) is 6.20 Å². The van der Waals surface area contributed by atoms with Gasteiger partial charge in [-0.1, -0.05) is 0 Å². The molecule has 1 rings (SSSR count). The van der Waals surface area contributed by atoms with Crippen LogP contribution in [0.3, 0.4) is 0 Å². The molecule has 1 heterocycles. The molecule has 0 aromatic carbocycles. The van der Waals surface area contributed by atoms with Crippen molar-refractivity contribution in [1.29, 1.82) is 0 Å². The zero-order valence-electron chi connectivity index (χ0n) is 6.74. The summed E-state index contributed by atoms with van der Waals surface area (Å²) >= 11 is 0. The lowest BCUT2D eigenvalue weighted by atomic mass is 10.2. The fraction of sp³-hybridized carbons (Fsp3) is 0.429. The van der Waals surface area contributed by atoms with Crippen LogP contribution in [0.5, 0.6) is 0 Å². The molecule has 1 aromatic rings. The molecule has 5 heteroatoms. The van der Waals surface area contributed by atoms with E-state index in [9.17, 15) is 4.79 Å². The van der Waals surface area contributed by atoms with Crippen LogP contribution < -0.4 is 5.73 Å². The second kappa shape index (κ2) is 3.36. The van der Waals surface area contributed by atoms with Gasteiger partial charge in [-0.2, -0.15) is 0 Å². The fourth-order valence-electron chi connectivity index (χ4n) is 0.918. The summed E-state index contributed by atoms with van der Waals surface area (Å²) in [6.07, 6.45) is 2.10. The minimum absolute atomic E-state index is 0.00657. The highest BCUT2D eigenvalue weighted by molar-refractivity contribution is 5.83. The van der Waals surface area contributed by atoms with E-state index in [2.05, 4.69) is 9.97 Å². The van der Waals surface area contributed by atoms with E-state index >= 15 is 0 Å². The van der Waals surface area contributed by atoms with Crippen LogP contribution in [0.1, 0.15) is 23.2 Å². The first-order valence-electron chi connectivity index (χ1n) is 3.62. The Morgan fingerprint density at radius 2 is 2.58 bits per heavy atom. The Morgan fingerprint density at radius 3 is 3.00 bits per heavy atom. The average Bonchev–Trinajstić information content (AvgIpc) is 2.34. The molecule has 4 N–H and O–H groups in total. The molecule has 12 heavy (non-hydrogen) atoms. The number of aromatic nitrogens is 2. The Balaban J connectivity index is 2.71. The SMILES string of the molecule is C[C@H](N)Cc1cnc(C(=O)O)[nH]1. The van der Waals surface area contributed by atoms with E-state index < -0.39 is 5.97 Å². The van der Waals surface area contributed by atoms with E-state index in [0.29, 0.717) is 6.42 Å². The zero-order chi connectivity index (χ0) is 9.14. The van der Waals surface area contributed by atoms with Gasteiger partial charge in [0.25, 0.3) is 0 Å². The number of hydrogen-bond donors (Lipinski definition) is 3. The monoisotopic (exact) mass is 169 g/mol. The quantitative estimate of drug-likeness (QED) is 0.593. The van der Waals surface area contributed by atoms with E-state index in [4.69, 9.17) is 10.8 Å². The Labute approximate surface area is 69.6 Å². The first-order valence-corrected chi connectivity index (χ1v) is 3.62. The first-order chi connectivity index (χ1) is 5.59. The Kier molecular flexibility index (Phi) is 2.44. The lowest BCUT2D eigenvalue weighted by Crippen LogP contribution is -2.18. The van der Waals surface area contributed by atoms with Crippen LogP contribution >= 0.6 is 0 Å². The number of aromatic amines is 1. The minimum Gasteiger partial charge on any atom is -0.475 e. The molecular weight excluding hydrogens is 158 g/mol. The molecule has 0 bridgehead atoms. The van der Waals surface area contributed by atoms with Crippen molar-refractivity contribution < 1.29 is 9.90 Å². The van der Waals surface area contributed by atoms with Crippen LogP contribution in [0.25, 0.3) is 0 Å². The van der Waals surface area contributed by atoms with Gasteiger partial charge in [-0.3, -0.25) is 0 Å². The molecule has 0 saturated heterocycles. The number of rotatable bonds is 3. The van der Waals surface area contributed by atoms with Crippen molar-refractivity contribution in [3.63, 3.8) is 0 Å². The van der Waals surface area contributed by atoms with Gasteiger partial charge in [0.1, 0.15) is 0 Å². The largest absolute Gasteiger partial charge is 0.475 e. The lowest BCUT2D eigenvalue weighted by Gasteiger charge is -1.99. The number of carboxylic acid groups (broad SMARTS) is 1. The third kappa shape index (κ3) is 2.06. The Bertz CT molecular complexity index is 280. The van der Waals surface area contributed by atoms with Gasteiger partial charge in [-0.15, -0.1) is 0 Å². The van der Waals surface area contributed by atoms with Crippen LogP contribution in [0.4, 0.5) is 0 Å². The smallest absolute Gasteiger partial charge is 0.371 e. The molecule has 0 fully saturated rings. The van der Waals surface area contributed by atoms with Crippen LogP contribution in [0.2, 0.25) is 0 Å². The predicted molar refractivity (Wildman–Crippen MR) is 42.9 cm³/mol. The third-order valence-corrected chi connectivity index (χ3v) is 1.37. The zero-order valence-corrected chi connectivity index (χ0v) is 6.74. The first kappa shape index (κ1) is 8.73. The molecule has 0 radical (unpaired) electrons. The standard InChI is InChI=1S/C7H11N3O2/c1-4(8)2-5-3-9-6(10-5)7(11)12/h3-4H,2,8H2,1H3,(H,9,10)(H,11,12)/t4-/m0/s1. The molecule has 66 valence electrons. The maximum absolute atomic E-state index is 10.4. The number of carboxylic acids is 1. The molecule has 5 nitrogen and oxygen atoms in total. The molecule has 1 atom stereocenters. The molecule has 0 aliphatic carbocycles. The third-order valence-electron chi connectivity index (χ3n) is 1.37. The second-order valence-corrected chi connectivity index (χ2v) is 2.74. The maximum Gasteiger partial charge on any atom is 0.371 e. The van der Waals surface area contributed by atoms with E-state index in [1.807, 2.05) is 6.92 Å². The van der Waals surface area contributed by atoms with Crippen molar-refractivity contribution in [1.82, 2.24) is 9.97 Å². The average molecular weight is 169 g/mol. The van der Waals surface area contributed by atoms with Crippen molar-refractivity contribution in [2.75, 3.05) is 0 Å². The van der Waals surface area contributed by atoms with Gasteiger partial charge >= 0.3 is 5.97 Å². The van der Waals surface area contributed by atoms with Gasteiger partial charge in [0.15, 0.2) is 0 Å². The minimum atomic E-state index is -1.05. The molecule has 0 spiro atoms. The molecule has 1 aromatic heterocycles. The van der Waals surface area contributed by atoms with E-state index in [-0.39, 0.29) is 11.9 Å². The van der Waals surface area contributed by atoms with E-state index in [1.54, 1.807) is 0 Å². The predicted octanol–water partition coefficient (Wildman–Crippen LogP) is -0.00240. The normalized spacial score (nSPS) is 12.8. The number of nitrogens with zero attached hydrogens (tertiary/aromatic N) is 1. The molecule has 0 saturated carbocycles. The summed E-state index contributed by atoms with van der Waals surface area (Å²) in [7, 11) is 0. The van der Waals surface area contributed by atoms with Gasteiger partial charge in [-0.25, -0.2) is 9.78 Å². The van der Waals surface area contributed by atoms with Gasteiger partial charge in [0.2, 0.25) is 5.82 Å². The highest BCUT2D eigenvalue weighted by Crippen LogP contribution is 1.99. The number of H-pyrrole nitrogens is 1. The van der Waals surface area contributed by atoms with Crippen molar-refractivity contribution in [2.24, 2.45) is 5.73 Å². The van der Waals surface area contributed by atoms with Gasteiger partial charge in [0, 0.05) is 24.4 Å². The number of imidazole rings is 1. The highest BCUT2D eigenvalue weighted by atomic mass is 16.4. The van der Waals surface area contributed by atoms with Crippen LogP contribution in [-0.4, -0.2) is 27.1 Å². The summed E-state index contributed by atoms with van der Waals surface area (Å²) < 4.78 is 0.